The van der Waals surface area contributed by atoms with Crippen molar-refractivity contribution in [1.29, 1.82) is 0 Å². The molecule has 0 aromatic rings. The molecule has 0 saturated heterocycles. The second kappa shape index (κ2) is 43.9. The fourth-order valence-corrected chi connectivity index (χ4v) is 7.75. The molecule has 59 heavy (non-hydrogen) atoms. The van der Waals surface area contributed by atoms with Crippen molar-refractivity contribution in [3.63, 3.8) is 0 Å². The van der Waals surface area contributed by atoms with Gasteiger partial charge in [0.2, 0.25) is 6.41 Å². The Kier molecular flexibility index (Phi) is 42.3. The summed E-state index contributed by atoms with van der Waals surface area (Å²) in [5.41, 5.74) is 0. The van der Waals surface area contributed by atoms with E-state index in [9.17, 15) is 19.2 Å². The smallest absolute Gasteiger partial charge is 0.326 e. The number of nitrogens with zero attached hydrogens (tertiary/aromatic N) is 3. The van der Waals surface area contributed by atoms with Crippen molar-refractivity contribution in [3.8, 4) is 0 Å². The van der Waals surface area contributed by atoms with Crippen LogP contribution in [0.4, 0.5) is 4.79 Å². The van der Waals surface area contributed by atoms with Crippen LogP contribution in [0.5, 0.6) is 0 Å². The summed E-state index contributed by atoms with van der Waals surface area (Å²) in [6, 6.07) is -0.245. The number of hydrogen-bond acceptors (Lipinski definition) is 7. The van der Waals surface area contributed by atoms with E-state index in [4.69, 9.17) is 9.47 Å². The van der Waals surface area contributed by atoms with Crippen molar-refractivity contribution >= 4 is 24.4 Å². The predicted molar refractivity (Wildman–Crippen MR) is 248 cm³/mol. The van der Waals surface area contributed by atoms with Gasteiger partial charge in [0.25, 0.3) is 0 Å². The molecule has 9 heteroatoms. The molecule has 0 fully saturated rings. The highest BCUT2D eigenvalue weighted by Gasteiger charge is 2.17. The number of rotatable bonds is 45. The number of carbonyl (C=O) groups is 4. The topological polar surface area (TPSA) is 96.5 Å². The molecule has 0 aliphatic heterocycles. The Morgan fingerprint density at radius 2 is 0.881 bits per heavy atom. The number of unbranched alkanes of at least 4 members (excludes halogenated alkanes) is 24. The highest BCUT2D eigenvalue weighted by molar-refractivity contribution is 5.84. The lowest BCUT2D eigenvalue weighted by atomic mass is 10.0. The summed E-state index contributed by atoms with van der Waals surface area (Å²) in [5.74, 6) is -0.0637. The molecular formula is C50H97N3O6. The summed E-state index contributed by atoms with van der Waals surface area (Å²) >= 11 is 0. The first kappa shape index (κ1) is 56.8. The van der Waals surface area contributed by atoms with Crippen molar-refractivity contribution in [1.82, 2.24) is 14.7 Å². The van der Waals surface area contributed by atoms with Gasteiger partial charge in [0.15, 0.2) is 0 Å². The van der Waals surface area contributed by atoms with E-state index in [1.165, 1.54) is 101 Å². The molecule has 0 saturated carbocycles. The summed E-state index contributed by atoms with van der Waals surface area (Å²) in [6.07, 6.45) is 38.8. The lowest BCUT2D eigenvalue weighted by Gasteiger charge is -2.25. The Balaban J connectivity index is 4.57. The highest BCUT2D eigenvalue weighted by Crippen LogP contribution is 2.19. The molecular weight excluding hydrogens is 739 g/mol. The molecule has 0 heterocycles. The molecule has 0 aliphatic rings. The quantitative estimate of drug-likeness (QED) is 0.0342. The van der Waals surface area contributed by atoms with Crippen molar-refractivity contribution in [2.24, 2.45) is 0 Å². The summed E-state index contributed by atoms with van der Waals surface area (Å²) < 4.78 is 11.5. The third-order valence-electron chi connectivity index (χ3n) is 11.8. The largest absolute Gasteiger partial charge is 0.466 e. The van der Waals surface area contributed by atoms with E-state index >= 15 is 0 Å². The molecule has 0 spiro atoms. The Bertz CT molecular complexity index is 949. The monoisotopic (exact) mass is 836 g/mol. The van der Waals surface area contributed by atoms with Gasteiger partial charge in [-0.25, -0.2) is 4.79 Å². The van der Waals surface area contributed by atoms with Gasteiger partial charge in [-0.2, -0.15) is 0 Å². The minimum absolute atomic E-state index is 0.00939. The van der Waals surface area contributed by atoms with Crippen LogP contribution in [0.15, 0.2) is 0 Å². The molecule has 0 aromatic carbocycles. The van der Waals surface area contributed by atoms with Crippen LogP contribution in [0.3, 0.4) is 0 Å². The highest BCUT2D eigenvalue weighted by atomic mass is 16.5. The van der Waals surface area contributed by atoms with Crippen LogP contribution in [-0.4, -0.2) is 91.6 Å². The van der Waals surface area contributed by atoms with Gasteiger partial charge in [0.1, 0.15) is 6.10 Å². The van der Waals surface area contributed by atoms with Gasteiger partial charge in [-0.15, -0.1) is 0 Å². The van der Waals surface area contributed by atoms with E-state index < -0.39 is 0 Å². The second-order valence-corrected chi connectivity index (χ2v) is 17.4. The van der Waals surface area contributed by atoms with Crippen LogP contribution < -0.4 is 0 Å². The van der Waals surface area contributed by atoms with Gasteiger partial charge in [-0.05, 0) is 90.8 Å². The maximum Gasteiger partial charge on any atom is 0.326 e. The number of ether oxygens (including phenoxy) is 2. The predicted octanol–water partition coefficient (Wildman–Crippen LogP) is 13.6. The van der Waals surface area contributed by atoms with Gasteiger partial charge in [-0.3, -0.25) is 19.3 Å². The molecule has 348 valence electrons. The summed E-state index contributed by atoms with van der Waals surface area (Å²) in [6.45, 7) is 13.0. The zero-order valence-electron chi connectivity index (χ0n) is 39.7. The zero-order chi connectivity index (χ0) is 43.4. The van der Waals surface area contributed by atoms with Crippen molar-refractivity contribution < 1.29 is 28.7 Å². The number of imide groups is 1. The van der Waals surface area contributed by atoms with E-state index in [2.05, 4.69) is 25.7 Å². The van der Waals surface area contributed by atoms with Gasteiger partial charge in [0, 0.05) is 33.0 Å². The molecule has 0 radical (unpaired) electrons. The normalized spacial score (nSPS) is 11.4. The fraction of sp³-hybridized carbons (Fsp3) is 0.920. The van der Waals surface area contributed by atoms with E-state index in [1.807, 2.05) is 6.92 Å². The summed E-state index contributed by atoms with van der Waals surface area (Å²) in [4.78, 5) is 54.5. The van der Waals surface area contributed by atoms with Gasteiger partial charge >= 0.3 is 18.0 Å². The number of esters is 2. The van der Waals surface area contributed by atoms with E-state index in [0.29, 0.717) is 38.9 Å². The fourth-order valence-electron chi connectivity index (χ4n) is 7.75. The van der Waals surface area contributed by atoms with Crippen molar-refractivity contribution in [2.45, 2.75) is 252 Å². The maximum atomic E-state index is 12.9. The molecule has 0 atom stereocenters. The van der Waals surface area contributed by atoms with Crippen LogP contribution in [-0.2, 0) is 23.9 Å². The number of carbonyl (C=O) groups excluding carboxylic acids is 4. The van der Waals surface area contributed by atoms with E-state index in [0.717, 1.165) is 129 Å². The van der Waals surface area contributed by atoms with Crippen molar-refractivity contribution in [2.75, 3.05) is 46.4 Å². The molecule has 3 amide bonds. The number of hydrogen-bond donors (Lipinski definition) is 0. The van der Waals surface area contributed by atoms with Crippen molar-refractivity contribution in [3.05, 3.63) is 0 Å². The lowest BCUT2D eigenvalue weighted by molar-refractivity contribution is -0.150. The summed E-state index contributed by atoms with van der Waals surface area (Å²) in [5, 5.41) is 0. The standard InChI is InChI=1S/C50H97N3O6/c1-6-10-13-16-19-28-35-45-58-48(55)39-31-24-20-26-33-41-52(43-36-44-53(46-54)50(57)51(5)9-4)42-34-27-21-25-32-40-49(56)59-47(37-29-22-17-14-11-7-2)38-30-23-18-15-12-8-3/h46-47H,6-45H2,1-5H3. The second-order valence-electron chi connectivity index (χ2n) is 17.4. The SMILES string of the molecule is CCCCCCCCCOC(=O)CCCCCCCN(CCCCCCCC(=O)OC(CCCCCCCC)CCCCCCCC)CCCN(C=O)C(=O)N(C)CC. The molecule has 0 bridgehead atoms. The average Bonchev–Trinajstić information content (AvgIpc) is 3.23. The summed E-state index contributed by atoms with van der Waals surface area (Å²) in [7, 11) is 1.72. The minimum Gasteiger partial charge on any atom is -0.466 e. The third-order valence-corrected chi connectivity index (χ3v) is 11.8. The number of amides is 3. The number of urea groups is 1. The van der Waals surface area contributed by atoms with Crippen LogP contribution in [0.2, 0.25) is 0 Å². The molecule has 0 N–H and O–H groups in total. The maximum absolute atomic E-state index is 12.9. The Hall–Kier alpha value is -2.16. The van der Waals surface area contributed by atoms with Crippen LogP contribution in [0.1, 0.15) is 246 Å². The zero-order valence-corrected chi connectivity index (χ0v) is 39.7. The minimum atomic E-state index is -0.245. The first-order valence-corrected chi connectivity index (χ1v) is 25.4. The molecule has 0 aromatic heterocycles. The Labute approximate surface area is 365 Å². The van der Waals surface area contributed by atoms with Crippen LogP contribution >= 0.6 is 0 Å². The first-order chi connectivity index (χ1) is 28.8. The molecule has 0 rings (SSSR count). The van der Waals surface area contributed by atoms with Gasteiger partial charge in [-0.1, -0.05) is 162 Å². The van der Waals surface area contributed by atoms with E-state index in [1.54, 1.807) is 11.9 Å². The van der Waals surface area contributed by atoms with Gasteiger partial charge < -0.3 is 19.3 Å². The molecule has 0 aliphatic carbocycles. The lowest BCUT2D eigenvalue weighted by Crippen LogP contribution is -2.41. The first-order valence-electron chi connectivity index (χ1n) is 25.4. The Morgan fingerprint density at radius 1 is 0.475 bits per heavy atom. The Morgan fingerprint density at radius 3 is 1.36 bits per heavy atom. The average molecular weight is 836 g/mol. The van der Waals surface area contributed by atoms with E-state index in [-0.39, 0.29) is 24.1 Å². The third kappa shape index (κ3) is 37.3. The van der Waals surface area contributed by atoms with Gasteiger partial charge in [0.05, 0.1) is 6.61 Å². The molecule has 9 nitrogen and oxygen atoms in total. The van der Waals surface area contributed by atoms with Crippen LogP contribution in [0.25, 0.3) is 0 Å². The molecule has 0 unspecified atom stereocenters. The van der Waals surface area contributed by atoms with Crippen LogP contribution in [0, 0.1) is 0 Å².